The molecule has 0 saturated carbocycles. The van der Waals surface area contributed by atoms with Crippen LogP contribution in [-0.2, 0) is 14.8 Å². The molecule has 148 valence electrons. The Balaban J connectivity index is 1.67. The summed E-state index contributed by atoms with van der Waals surface area (Å²) in [7, 11) is -3.93. The summed E-state index contributed by atoms with van der Waals surface area (Å²) in [5.41, 5.74) is 2.01. The van der Waals surface area contributed by atoms with Crippen LogP contribution < -0.4 is 5.32 Å². The summed E-state index contributed by atoms with van der Waals surface area (Å²) in [5.74, 6) is 0.208. The van der Waals surface area contributed by atoms with Gasteiger partial charge in [0.1, 0.15) is 0 Å². The van der Waals surface area contributed by atoms with Crippen LogP contribution in [0.1, 0.15) is 17.1 Å². The van der Waals surface area contributed by atoms with Crippen LogP contribution in [0.2, 0.25) is 0 Å². The lowest BCUT2D eigenvalue weighted by atomic mass is 10.2. The summed E-state index contributed by atoms with van der Waals surface area (Å²) < 4.78 is 28.7. The number of sulfonamides is 1. The minimum absolute atomic E-state index is 0.00393. The van der Waals surface area contributed by atoms with E-state index in [1.54, 1.807) is 19.9 Å². The lowest BCUT2D eigenvalue weighted by Gasteiger charge is -2.17. The molecule has 29 heavy (non-hydrogen) atoms. The zero-order valence-corrected chi connectivity index (χ0v) is 16.7. The number of rotatable bonds is 6. The number of carbonyl (C=O) groups excluding carboxylic acids is 1. The molecule has 0 bridgehead atoms. The third-order valence-corrected chi connectivity index (χ3v) is 5.11. The predicted molar refractivity (Wildman–Crippen MR) is 112 cm³/mol. The van der Waals surface area contributed by atoms with Gasteiger partial charge in [-0.25, -0.2) is 8.42 Å². The second kappa shape index (κ2) is 8.66. The molecule has 1 aromatic heterocycles. The van der Waals surface area contributed by atoms with Crippen molar-refractivity contribution < 1.29 is 13.2 Å². The largest absolute Gasteiger partial charge is 0.423 e. The van der Waals surface area contributed by atoms with Crippen LogP contribution in [0.25, 0.3) is 10.8 Å². The molecule has 0 unspecified atom stereocenters. The maximum atomic E-state index is 12.5. The number of aromatic nitrogens is 2. The number of carbonyl (C=O) groups is 1. The molecule has 0 aliphatic heterocycles. The van der Waals surface area contributed by atoms with Crippen molar-refractivity contribution in [3.8, 4) is 0 Å². The minimum atomic E-state index is -3.93. The minimum Gasteiger partial charge on any atom is -0.423 e. The average molecular weight is 407 g/mol. The highest BCUT2D eigenvalue weighted by Crippen LogP contribution is 2.27. The maximum absolute atomic E-state index is 12.5. The topological polar surface area (TPSA) is 103 Å². The van der Waals surface area contributed by atoms with E-state index < -0.39 is 10.0 Å². The predicted octanol–water partition coefficient (Wildman–Crippen LogP) is 4.14. The Kier molecular flexibility index (Phi) is 6.04. The van der Waals surface area contributed by atoms with Crippen molar-refractivity contribution in [3.63, 3.8) is 0 Å². The summed E-state index contributed by atoms with van der Waals surface area (Å²) in [6.07, 6.45) is 3.10. The summed E-state index contributed by atoms with van der Waals surface area (Å²) in [4.78, 5) is 20.2. The van der Waals surface area contributed by atoms with Crippen LogP contribution in [0.4, 0.5) is 11.5 Å². The van der Waals surface area contributed by atoms with Crippen LogP contribution in [0.15, 0.2) is 71.6 Å². The molecule has 0 aliphatic rings. The SMILES string of the molecule is Cc1cc([N-]S(=O)(=O)c2ccc(NC(=O)C=Cc3ccccc3)cc2)nc(C)n1. The van der Waals surface area contributed by atoms with E-state index in [-0.39, 0.29) is 16.6 Å². The first kappa shape index (κ1) is 20.2. The molecule has 3 rings (SSSR count). The molecule has 0 saturated heterocycles. The number of amides is 1. The number of aryl methyl sites for hydroxylation is 2. The molecule has 0 atom stereocenters. The van der Waals surface area contributed by atoms with Gasteiger partial charge in [-0.15, -0.1) is 0 Å². The highest BCUT2D eigenvalue weighted by molar-refractivity contribution is 7.94. The number of benzene rings is 2. The third kappa shape index (κ3) is 5.73. The van der Waals surface area contributed by atoms with Gasteiger partial charge in [0.15, 0.2) is 0 Å². The van der Waals surface area contributed by atoms with Crippen molar-refractivity contribution in [1.29, 1.82) is 0 Å². The summed E-state index contributed by atoms with van der Waals surface area (Å²) >= 11 is 0. The van der Waals surface area contributed by atoms with E-state index >= 15 is 0 Å². The first-order chi connectivity index (χ1) is 13.8. The van der Waals surface area contributed by atoms with Crippen molar-refractivity contribution >= 4 is 33.5 Å². The van der Waals surface area contributed by atoms with Gasteiger partial charge in [-0.2, -0.15) is 0 Å². The molecule has 7 nitrogen and oxygen atoms in total. The molecular formula is C21H19N4O3S-. The van der Waals surface area contributed by atoms with Crippen LogP contribution in [0.3, 0.4) is 0 Å². The van der Waals surface area contributed by atoms with Crippen molar-refractivity contribution in [2.45, 2.75) is 18.7 Å². The Hall–Kier alpha value is -3.52. The first-order valence-corrected chi connectivity index (χ1v) is 10.2. The summed E-state index contributed by atoms with van der Waals surface area (Å²) in [6.45, 7) is 3.41. The lowest BCUT2D eigenvalue weighted by Crippen LogP contribution is -2.08. The number of nitrogens with one attached hydrogen (secondary N) is 1. The van der Waals surface area contributed by atoms with E-state index in [4.69, 9.17) is 0 Å². The second-order valence-corrected chi connectivity index (χ2v) is 7.84. The fraction of sp³-hybridized carbons (Fsp3) is 0.0952. The van der Waals surface area contributed by atoms with Crippen molar-refractivity contribution in [2.24, 2.45) is 0 Å². The molecule has 3 aromatic rings. The third-order valence-electron chi connectivity index (χ3n) is 3.81. The molecule has 2 aromatic carbocycles. The smallest absolute Gasteiger partial charge is 0.248 e. The zero-order chi connectivity index (χ0) is 20.9. The Morgan fingerprint density at radius 1 is 1.00 bits per heavy atom. The fourth-order valence-corrected chi connectivity index (χ4v) is 3.48. The van der Waals surface area contributed by atoms with Crippen molar-refractivity contribution in [2.75, 3.05) is 5.32 Å². The van der Waals surface area contributed by atoms with E-state index in [0.29, 0.717) is 17.2 Å². The van der Waals surface area contributed by atoms with Gasteiger partial charge in [0.05, 0.1) is 4.90 Å². The van der Waals surface area contributed by atoms with Gasteiger partial charge in [-0.05, 0) is 61.6 Å². The number of hydrogen-bond acceptors (Lipinski definition) is 5. The van der Waals surface area contributed by atoms with E-state index in [1.165, 1.54) is 36.4 Å². The molecule has 1 amide bonds. The standard InChI is InChI=1S/C21H20N4O3S/c1-15-14-20(23-16(2)22-15)25-29(27,28)19-11-9-18(10-12-19)24-21(26)13-8-17-6-4-3-5-7-17/h3-14H,1-2H3,(H2,22,23,24,25,26)/p-1. The molecule has 0 aliphatic carbocycles. The Bertz CT molecular complexity index is 1120. The van der Waals surface area contributed by atoms with Crippen molar-refractivity contribution in [3.05, 3.63) is 88.5 Å². The van der Waals surface area contributed by atoms with Crippen LogP contribution in [0.5, 0.6) is 0 Å². The number of nitrogens with zero attached hydrogens (tertiary/aromatic N) is 3. The number of hydrogen-bond donors (Lipinski definition) is 1. The van der Waals surface area contributed by atoms with Gasteiger partial charge in [-0.3, -0.25) is 9.78 Å². The van der Waals surface area contributed by atoms with Gasteiger partial charge in [0.2, 0.25) is 15.9 Å². The van der Waals surface area contributed by atoms with Gasteiger partial charge < -0.3 is 15.0 Å². The fourth-order valence-electron chi connectivity index (χ4n) is 2.55. The molecule has 0 fully saturated rings. The van der Waals surface area contributed by atoms with E-state index in [0.717, 1.165) is 5.56 Å². The molecule has 0 radical (unpaired) electrons. The highest BCUT2D eigenvalue weighted by atomic mass is 32.2. The summed E-state index contributed by atoms with van der Waals surface area (Å²) in [5, 5.41) is 2.68. The monoisotopic (exact) mass is 407 g/mol. The lowest BCUT2D eigenvalue weighted by molar-refractivity contribution is -0.111. The van der Waals surface area contributed by atoms with Crippen molar-refractivity contribution in [1.82, 2.24) is 9.97 Å². The zero-order valence-electron chi connectivity index (χ0n) is 15.9. The molecule has 1 heterocycles. The highest BCUT2D eigenvalue weighted by Gasteiger charge is 2.10. The van der Waals surface area contributed by atoms with E-state index in [9.17, 15) is 13.2 Å². The summed E-state index contributed by atoms with van der Waals surface area (Å²) in [6, 6.07) is 16.7. The van der Waals surface area contributed by atoms with Crippen LogP contribution >= 0.6 is 0 Å². The Labute approximate surface area is 169 Å². The second-order valence-electron chi connectivity index (χ2n) is 6.24. The van der Waals surface area contributed by atoms with Gasteiger partial charge in [-0.1, -0.05) is 30.3 Å². The molecule has 1 N–H and O–H groups in total. The molecular weight excluding hydrogens is 388 g/mol. The van der Waals surface area contributed by atoms with Crippen LogP contribution in [0, 0.1) is 13.8 Å². The molecule has 0 spiro atoms. The van der Waals surface area contributed by atoms with Gasteiger partial charge in [0.25, 0.3) is 0 Å². The number of anilines is 1. The normalized spacial score (nSPS) is 11.4. The van der Waals surface area contributed by atoms with Gasteiger partial charge >= 0.3 is 0 Å². The first-order valence-electron chi connectivity index (χ1n) is 8.76. The quantitative estimate of drug-likeness (QED) is 0.619. The van der Waals surface area contributed by atoms with Crippen LogP contribution in [-0.4, -0.2) is 24.3 Å². The Morgan fingerprint density at radius 2 is 1.69 bits per heavy atom. The Morgan fingerprint density at radius 3 is 2.34 bits per heavy atom. The molecule has 8 heteroatoms. The average Bonchev–Trinajstić information content (AvgIpc) is 2.66. The van der Waals surface area contributed by atoms with Gasteiger partial charge in [0, 0.05) is 23.3 Å². The van der Waals surface area contributed by atoms with E-state index in [1.807, 2.05) is 30.3 Å². The van der Waals surface area contributed by atoms with E-state index in [2.05, 4.69) is 20.0 Å². The maximum Gasteiger partial charge on any atom is 0.248 e.